The zero-order valence-corrected chi connectivity index (χ0v) is 7.21. The summed E-state index contributed by atoms with van der Waals surface area (Å²) in [5.41, 5.74) is 0. The first kappa shape index (κ1) is 8.05. The maximum absolute atomic E-state index is 11.1. The zero-order valence-electron chi connectivity index (χ0n) is 7.21. The third kappa shape index (κ3) is 1.61. The van der Waals surface area contributed by atoms with Gasteiger partial charge in [0, 0.05) is 12.0 Å². The van der Waals surface area contributed by atoms with Crippen molar-refractivity contribution >= 4 is 5.91 Å². The SMILES string of the molecule is O=C1COCC2CCCCC2N1. The van der Waals surface area contributed by atoms with Gasteiger partial charge in [-0.2, -0.15) is 0 Å². The second kappa shape index (κ2) is 3.44. The fourth-order valence-electron chi connectivity index (χ4n) is 2.15. The maximum Gasteiger partial charge on any atom is 0.246 e. The highest BCUT2D eigenvalue weighted by atomic mass is 16.5. The van der Waals surface area contributed by atoms with Crippen LogP contribution >= 0.6 is 0 Å². The van der Waals surface area contributed by atoms with Gasteiger partial charge in [0.25, 0.3) is 0 Å². The third-order valence-electron chi connectivity index (χ3n) is 2.82. The molecule has 1 heterocycles. The summed E-state index contributed by atoms with van der Waals surface area (Å²) in [6, 6.07) is 0.397. The molecule has 0 bridgehead atoms. The quantitative estimate of drug-likeness (QED) is 0.579. The molecule has 0 aromatic heterocycles. The van der Waals surface area contributed by atoms with E-state index in [1.165, 1.54) is 19.3 Å². The standard InChI is InChI=1S/C9H15NO2/c11-9-6-12-5-7-3-1-2-4-8(7)10-9/h7-8H,1-6H2,(H,10,11). The van der Waals surface area contributed by atoms with E-state index in [4.69, 9.17) is 4.74 Å². The van der Waals surface area contributed by atoms with Crippen LogP contribution in [0.4, 0.5) is 0 Å². The zero-order chi connectivity index (χ0) is 8.39. The van der Waals surface area contributed by atoms with Crippen LogP contribution in [-0.2, 0) is 9.53 Å². The average Bonchev–Trinajstić information content (AvgIpc) is 2.25. The van der Waals surface area contributed by atoms with E-state index in [1.807, 2.05) is 0 Å². The first-order valence-electron chi connectivity index (χ1n) is 4.73. The molecule has 2 fully saturated rings. The molecule has 3 heteroatoms. The lowest BCUT2D eigenvalue weighted by Crippen LogP contribution is -2.41. The molecule has 0 aromatic carbocycles. The van der Waals surface area contributed by atoms with Gasteiger partial charge >= 0.3 is 0 Å². The largest absolute Gasteiger partial charge is 0.371 e. The molecule has 2 aliphatic rings. The van der Waals surface area contributed by atoms with Gasteiger partial charge in [-0.1, -0.05) is 12.8 Å². The van der Waals surface area contributed by atoms with E-state index < -0.39 is 0 Å². The molecule has 1 saturated heterocycles. The molecule has 1 saturated carbocycles. The summed E-state index contributed by atoms with van der Waals surface area (Å²) in [6.07, 6.45) is 4.90. The van der Waals surface area contributed by atoms with Crippen molar-refractivity contribution in [2.45, 2.75) is 31.7 Å². The van der Waals surface area contributed by atoms with Crippen molar-refractivity contribution in [2.75, 3.05) is 13.2 Å². The van der Waals surface area contributed by atoms with Crippen molar-refractivity contribution < 1.29 is 9.53 Å². The summed E-state index contributed by atoms with van der Waals surface area (Å²) in [6.45, 7) is 1.02. The Morgan fingerprint density at radius 3 is 3.08 bits per heavy atom. The normalized spacial score (nSPS) is 36.5. The fourth-order valence-corrected chi connectivity index (χ4v) is 2.15. The van der Waals surface area contributed by atoms with Gasteiger partial charge in [0.05, 0.1) is 6.61 Å². The van der Waals surface area contributed by atoms with Gasteiger partial charge in [-0.15, -0.1) is 0 Å². The van der Waals surface area contributed by atoms with Crippen LogP contribution in [0.25, 0.3) is 0 Å². The van der Waals surface area contributed by atoms with Gasteiger partial charge < -0.3 is 10.1 Å². The van der Waals surface area contributed by atoms with Crippen LogP contribution in [0.3, 0.4) is 0 Å². The lowest BCUT2D eigenvalue weighted by Gasteiger charge is -2.29. The number of carbonyl (C=O) groups is 1. The van der Waals surface area contributed by atoms with Crippen LogP contribution in [0, 0.1) is 5.92 Å². The smallest absolute Gasteiger partial charge is 0.246 e. The summed E-state index contributed by atoms with van der Waals surface area (Å²) >= 11 is 0. The molecule has 3 nitrogen and oxygen atoms in total. The molecule has 12 heavy (non-hydrogen) atoms. The van der Waals surface area contributed by atoms with Crippen LogP contribution in [0.5, 0.6) is 0 Å². The Hall–Kier alpha value is -0.570. The van der Waals surface area contributed by atoms with Crippen LogP contribution in [0.2, 0.25) is 0 Å². The molecular weight excluding hydrogens is 154 g/mol. The van der Waals surface area contributed by atoms with Crippen LogP contribution in [-0.4, -0.2) is 25.2 Å². The molecule has 0 aromatic rings. The number of hydrogen-bond donors (Lipinski definition) is 1. The second-order valence-corrected chi connectivity index (χ2v) is 3.73. The van der Waals surface area contributed by atoms with E-state index in [9.17, 15) is 4.79 Å². The highest BCUT2D eigenvalue weighted by molar-refractivity contribution is 5.77. The Morgan fingerprint density at radius 1 is 1.33 bits per heavy atom. The van der Waals surface area contributed by atoms with E-state index >= 15 is 0 Å². The van der Waals surface area contributed by atoms with Gasteiger partial charge in [0.2, 0.25) is 5.91 Å². The fraction of sp³-hybridized carbons (Fsp3) is 0.889. The van der Waals surface area contributed by atoms with Crippen molar-refractivity contribution in [3.05, 3.63) is 0 Å². The molecule has 1 aliphatic heterocycles. The minimum atomic E-state index is 0.0596. The lowest BCUT2D eigenvalue weighted by atomic mass is 9.85. The van der Waals surface area contributed by atoms with E-state index in [0.29, 0.717) is 12.0 Å². The average molecular weight is 169 g/mol. The monoisotopic (exact) mass is 169 g/mol. The Bertz CT molecular complexity index is 181. The highest BCUT2D eigenvalue weighted by Crippen LogP contribution is 2.25. The van der Waals surface area contributed by atoms with Gasteiger partial charge in [0.1, 0.15) is 6.61 Å². The molecule has 0 spiro atoms. The van der Waals surface area contributed by atoms with Crippen molar-refractivity contribution in [2.24, 2.45) is 5.92 Å². The topological polar surface area (TPSA) is 38.3 Å². The molecule has 0 radical (unpaired) electrons. The molecule has 68 valence electrons. The third-order valence-corrected chi connectivity index (χ3v) is 2.82. The number of hydrogen-bond acceptors (Lipinski definition) is 2. The van der Waals surface area contributed by atoms with E-state index in [2.05, 4.69) is 5.32 Å². The Kier molecular flexibility index (Phi) is 2.30. The first-order valence-corrected chi connectivity index (χ1v) is 4.73. The molecule has 1 amide bonds. The Balaban J connectivity index is 2.01. The number of fused-ring (bicyclic) bond motifs is 1. The number of ether oxygens (including phenoxy) is 1. The van der Waals surface area contributed by atoms with Gasteiger partial charge in [-0.3, -0.25) is 4.79 Å². The Labute approximate surface area is 72.5 Å². The number of nitrogens with one attached hydrogen (secondary N) is 1. The lowest BCUT2D eigenvalue weighted by molar-refractivity contribution is -0.124. The highest BCUT2D eigenvalue weighted by Gasteiger charge is 2.28. The van der Waals surface area contributed by atoms with Gasteiger partial charge in [-0.25, -0.2) is 0 Å². The van der Waals surface area contributed by atoms with Crippen LogP contribution < -0.4 is 5.32 Å². The van der Waals surface area contributed by atoms with Crippen molar-refractivity contribution in [1.29, 1.82) is 0 Å². The van der Waals surface area contributed by atoms with Crippen molar-refractivity contribution in [3.8, 4) is 0 Å². The summed E-state index contributed by atoms with van der Waals surface area (Å²) < 4.78 is 5.26. The van der Waals surface area contributed by atoms with Crippen LogP contribution in [0.15, 0.2) is 0 Å². The predicted octanol–water partition coefficient (Wildman–Crippen LogP) is 0.692. The van der Waals surface area contributed by atoms with E-state index in [-0.39, 0.29) is 12.5 Å². The van der Waals surface area contributed by atoms with Crippen molar-refractivity contribution in [1.82, 2.24) is 5.32 Å². The first-order chi connectivity index (χ1) is 5.86. The summed E-state index contributed by atoms with van der Waals surface area (Å²) in [4.78, 5) is 11.1. The number of carbonyl (C=O) groups excluding carboxylic acids is 1. The second-order valence-electron chi connectivity index (χ2n) is 3.73. The van der Waals surface area contributed by atoms with E-state index in [0.717, 1.165) is 13.0 Å². The molecule has 1 N–H and O–H groups in total. The van der Waals surface area contributed by atoms with Crippen molar-refractivity contribution in [3.63, 3.8) is 0 Å². The molecular formula is C9H15NO2. The maximum atomic E-state index is 11.1. The van der Waals surface area contributed by atoms with E-state index in [1.54, 1.807) is 0 Å². The van der Waals surface area contributed by atoms with Gasteiger partial charge in [-0.05, 0) is 12.8 Å². The minimum absolute atomic E-state index is 0.0596. The minimum Gasteiger partial charge on any atom is -0.371 e. The molecule has 2 rings (SSSR count). The summed E-state index contributed by atoms with van der Waals surface area (Å²) in [7, 11) is 0. The summed E-state index contributed by atoms with van der Waals surface area (Å²) in [5.74, 6) is 0.634. The molecule has 2 atom stereocenters. The molecule has 2 unspecified atom stereocenters. The molecule has 1 aliphatic carbocycles. The van der Waals surface area contributed by atoms with Gasteiger partial charge in [0.15, 0.2) is 0 Å². The Morgan fingerprint density at radius 2 is 2.17 bits per heavy atom. The predicted molar refractivity (Wildman–Crippen MR) is 44.7 cm³/mol. The number of amides is 1. The summed E-state index contributed by atoms with van der Waals surface area (Å²) in [5, 5.41) is 3.02. The van der Waals surface area contributed by atoms with Crippen LogP contribution in [0.1, 0.15) is 25.7 Å². The number of rotatable bonds is 0.